The number of para-hydroxylation sites is 1. The molecule has 2 aliphatic rings. The average molecular weight is 363 g/mol. The highest BCUT2D eigenvalue weighted by Gasteiger charge is 2.39. The standard InChI is InChI=1S/C17H21N3O4S/c1-11(2)25(21,22)20-9-13(10-20)23-15-6-4-3-5-14(15)17-18-16(19-24-17)12-7-8-12/h3-6,11-13H,7-10H2,1-2H3. The number of hydrogen-bond acceptors (Lipinski definition) is 6. The molecule has 0 radical (unpaired) electrons. The second-order valence-electron chi connectivity index (χ2n) is 6.88. The van der Waals surface area contributed by atoms with Gasteiger partial charge >= 0.3 is 0 Å². The summed E-state index contributed by atoms with van der Waals surface area (Å²) in [5, 5.41) is 3.63. The molecule has 8 heteroatoms. The minimum absolute atomic E-state index is 0.166. The van der Waals surface area contributed by atoms with E-state index in [9.17, 15) is 8.42 Å². The molecule has 1 saturated carbocycles. The van der Waals surface area contributed by atoms with Gasteiger partial charge in [0.1, 0.15) is 11.9 Å². The second-order valence-corrected chi connectivity index (χ2v) is 9.37. The van der Waals surface area contributed by atoms with Crippen LogP contribution in [0.25, 0.3) is 11.5 Å². The van der Waals surface area contributed by atoms with Gasteiger partial charge in [0.15, 0.2) is 5.82 Å². The maximum atomic E-state index is 12.1. The Kier molecular flexibility index (Phi) is 4.04. The lowest BCUT2D eigenvalue weighted by molar-refractivity contribution is 0.0760. The quantitative estimate of drug-likeness (QED) is 0.783. The van der Waals surface area contributed by atoms with E-state index in [1.165, 1.54) is 4.31 Å². The Balaban J connectivity index is 1.47. The van der Waals surface area contributed by atoms with E-state index in [0.29, 0.717) is 30.6 Å². The molecule has 0 atom stereocenters. The van der Waals surface area contributed by atoms with Crippen LogP contribution in [0, 0.1) is 0 Å². The van der Waals surface area contributed by atoms with E-state index in [1.807, 2.05) is 24.3 Å². The summed E-state index contributed by atoms with van der Waals surface area (Å²) in [6, 6.07) is 7.48. The summed E-state index contributed by atoms with van der Waals surface area (Å²) in [7, 11) is -3.21. The van der Waals surface area contributed by atoms with Crippen LogP contribution in [0.2, 0.25) is 0 Å². The van der Waals surface area contributed by atoms with Crippen LogP contribution >= 0.6 is 0 Å². The van der Waals surface area contributed by atoms with Crippen molar-refractivity contribution in [2.75, 3.05) is 13.1 Å². The fraction of sp³-hybridized carbons (Fsp3) is 0.529. The molecule has 1 aromatic heterocycles. The largest absolute Gasteiger partial charge is 0.487 e. The van der Waals surface area contributed by atoms with Crippen molar-refractivity contribution in [1.29, 1.82) is 0 Å². The molecule has 1 aliphatic heterocycles. The SMILES string of the molecule is CC(C)S(=O)(=O)N1CC(Oc2ccccc2-c2nc(C3CC3)no2)C1. The lowest BCUT2D eigenvalue weighted by Gasteiger charge is -2.39. The van der Waals surface area contributed by atoms with Crippen molar-refractivity contribution < 1.29 is 17.7 Å². The van der Waals surface area contributed by atoms with E-state index in [0.717, 1.165) is 24.2 Å². The highest BCUT2D eigenvalue weighted by Crippen LogP contribution is 2.40. The Morgan fingerprint density at radius 3 is 2.64 bits per heavy atom. The molecule has 0 amide bonds. The molecule has 134 valence electrons. The van der Waals surface area contributed by atoms with Gasteiger partial charge in [0, 0.05) is 5.92 Å². The Morgan fingerprint density at radius 1 is 1.24 bits per heavy atom. The number of aromatic nitrogens is 2. The van der Waals surface area contributed by atoms with Gasteiger partial charge in [-0.25, -0.2) is 8.42 Å². The summed E-state index contributed by atoms with van der Waals surface area (Å²) < 4.78 is 37.1. The number of benzene rings is 1. The summed E-state index contributed by atoms with van der Waals surface area (Å²) in [6.45, 7) is 4.11. The van der Waals surface area contributed by atoms with Crippen molar-refractivity contribution in [3.63, 3.8) is 0 Å². The van der Waals surface area contributed by atoms with E-state index < -0.39 is 15.3 Å². The van der Waals surface area contributed by atoms with Crippen molar-refractivity contribution in [2.24, 2.45) is 0 Å². The first-order chi connectivity index (χ1) is 11.9. The van der Waals surface area contributed by atoms with Gasteiger partial charge < -0.3 is 9.26 Å². The number of ether oxygens (including phenoxy) is 1. The van der Waals surface area contributed by atoms with Crippen LogP contribution in [0.1, 0.15) is 38.4 Å². The molecule has 7 nitrogen and oxygen atoms in total. The molecule has 25 heavy (non-hydrogen) atoms. The van der Waals surface area contributed by atoms with Gasteiger partial charge in [-0.05, 0) is 38.8 Å². The van der Waals surface area contributed by atoms with Crippen LogP contribution < -0.4 is 4.74 Å². The highest BCUT2D eigenvalue weighted by molar-refractivity contribution is 7.89. The highest BCUT2D eigenvalue weighted by atomic mass is 32.2. The van der Waals surface area contributed by atoms with Gasteiger partial charge in [-0.3, -0.25) is 0 Å². The lowest BCUT2D eigenvalue weighted by Crippen LogP contribution is -2.57. The van der Waals surface area contributed by atoms with Crippen molar-refractivity contribution in [1.82, 2.24) is 14.4 Å². The van der Waals surface area contributed by atoms with Crippen LogP contribution in [0.4, 0.5) is 0 Å². The zero-order valence-corrected chi connectivity index (χ0v) is 15.1. The molecule has 1 saturated heterocycles. The third-order valence-corrected chi connectivity index (χ3v) is 6.77. The van der Waals surface area contributed by atoms with Crippen molar-refractivity contribution >= 4 is 10.0 Å². The van der Waals surface area contributed by atoms with Crippen LogP contribution in [0.5, 0.6) is 5.75 Å². The summed E-state index contributed by atoms with van der Waals surface area (Å²) in [5.41, 5.74) is 0.743. The molecule has 0 unspecified atom stereocenters. The number of hydrogen-bond donors (Lipinski definition) is 0. The number of nitrogens with zero attached hydrogens (tertiary/aromatic N) is 3. The zero-order valence-electron chi connectivity index (χ0n) is 14.3. The average Bonchev–Trinajstić information content (AvgIpc) is 3.28. The molecule has 1 aliphatic carbocycles. The number of sulfonamides is 1. The van der Waals surface area contributed by atoms with Gasteiger partial charge in [-0.1, -0.05) is 17.3 Å². The Labute approximate surface area is 147 Å². The molecule has 2 fully saturated rings. The predicted octanol–water partition coefficient (Wildman–Crippen LogP) is 2.42. The molecule has 2 heterocycles. The van der Waals surface area contributed by atoms with Crippen LogP contribution in [0.3, 0.4) is 0 Å². The normalized spacial score (nSPS) is 19.2. The predicted molar refractivity (Wildman–Crippen MR) is 91.8 cm³/mol. The van der Waals surface area contributed by atoms with E-state index in [1.54, 1.807) is 13.8 Å². The van der Waals surface area contributed by atoms with E-state index in [4.69, 9.17) is 9.26 Å². The maximum absolute atomic E-state index is 12.1. The third kappa shape index (κ3) is 3.16. The third-order valence-electron chi connectivity index (χ3n) is 4.57. The zero-order chi connectivity index (χ0) is 17.6. The Morgan fingerprint density at radius 2 is 1.96 bits per heavy atom. The first-order valence-corrected chi connectivity index (χ1v) is 10.0. The van der Waals surface area contributed by atoms with Crippen LogP contribution in [-0.4, -0.2) is 47.3 Å². The minimum Gasteiger partial charge on any atom is -0.487 e. The van der Waals surface area contributed by atoms with Gasteiger partial charge in [-0.2, -0.15) is 9.29 Å². The molecule has 1 aromatic carbocycles. The van der Waals surface area contributed by atoms with Crippen molar-refractivity contribution in [3.8, 4) is 17.2 Å². The Hall–Kier alpha value is -1.93. The van der Waals surface area contributed by atoms with Crippen molar-refractivity contribution in [2.45, 2.75) is 44.0 Å². The smallest absolute Gasteiger partial charge is 0.261 e. The van der Waals surface area contributed by atoms with Gasteiger partial charge in [-0.15, -0.1) is 0 Å². The van der Waals surface area contributed by atoms with Gasteiger partial charge in [0.05, 0.1) is 23.9 Å². The van der Waals surface area contributed by atoms with E-state index >= 15 is 0 Å². The van der Waals surface area contributed by atoms with Crippen LogP contribution in [-0.2, 0) is 10.0 Å². The fourth-order valence-corrected chi connectivity index (χ4v) is 4.10. The molecule has 0 N–H and O–H groups in total. The number of rotatable bonds is 6. The molecular weight excluding hydrogens is 342 g/mol. The fourth-order valence-electron chi connectivity index (χ4n) is 2.76. The van der Waals surface area contributed by atoms with Gasteiger partial charge in [0.25, 0.3) is 5.89 Å². The first-order valence-electron chi connectivity index (χ1n) is 8.54. The summed E-state index contributed by atoms with van der Waals surface area (Å²) in [4.78, 5) is 4.47. The second kappa shape index (κ2) is 6.10. The molecule has 0 bridgehead atoms. The minimum atomic E-state index is -3.21. The van der Waals surface area contributed by atoms with E-state index in [2.05, 4.69) is 10.1 Å². The molecule has 2 aromatic rings. The lowest BCUT2D eigenvalue weighted by atomic mass is 10.2. The van der Waals surface area contributed by atoms with Crippen LogP contribution in [0.15, 0.2) is 28.8 Å². The van der Waals surface area contributed by atoms with Gasteiger partial charge in [0.2, 0.25) is 10.0 Å². The monoisotopic (exact) mass is 363 g/mol. The maximum Gasteiger partial charge on any atom is 0.261 e. The first kappa shape index (κ1) is 16.5. The van der Waals surface area contributed by atoms with E-state index in [-0.39, 0.29) is 6.10 Å². The topological polar surface area (TPSA) is 85.5 Å². The Bertz CT molecular complexity index is 868. The molecule has 4 rings (SSSR count). The summed E-state index contributed by atoms with van der Waals surface area (Å²) in [5.74, 6) is 2.26. The van der Waals surface area contributed by atoms with Crippen molar-refractivity contribution in [3.05, 3.63) is 30.1 Å². The summed E-state index contributed by atoms with van der Waals surface area (Å²) in [6.07, 6.45) is 2.05. The molecular formula is C17H21N3O4S. The summed E-state index contributed by atoms with van der Waals surface area (Å²) >= 11 is 0. The molecule has 0 spiro atoms.